The van der Waals surface area contributed by atoms with Crippen LogP contribution in [0.5, 0.6) is 5.75 Å². The Morgan fingerprint density at radius 1 is 1.11 bits per heavy atom. The van der Waals surface area contributed by atoms with Gasteiger partial charge in [-0.15, -0.1) is 0 Å². The second-order valence-electron chi connectivity index (χ2n) is 6.03. The molecule has 0 bridgehead atoms. The molecule has 0 radical (unpaired) electrons. The number of halogens is 3. The third-order valence-electron chi connectivity index (χ3n) is 4.19. The number of anilines is 1. The van der Waals surface area contributed by atoms with Gasteiger partial charge >= 0.3 is 0 Å². The molecule has 27 heavy (non-hydrogen) atoms. The quantitative estimate of drug-likeness (QED) is 0.559. The molecule has 1 heterocycles. The second-order valence-corrected chi connectivity index (χ2v) is 6.81. The first kappa shape index (κ1) is 19.4. The molecule has 0 aliphatic heterocycles. The Morgan fingerprint density at radius 3 is 2.48 bits per heavy atom. The van der Waals surface area contributed by atoms with Crippen LogP contribution in [0.1, 0.15) is 24.2 Å². The van der Waals surface area contributed by atoms with E-state index in [0.717, 1.165) is 16.7 Å². The van der Waals surface area contributed by atoms with Crippen molar-refractivity contribution in [2.45, 2.75) is 19.6 Å². The molecular formula is C20H18Cl2FN3O. The Bertz CT molecular complexity index is 964. The van der Waals surface area contributed by atoms with E-state index in [1.165, 1.54) is 12.1 Å². The molecule has 1 aromatic heterocycles. The highest BCUT2D eigenvalue weighted by Crippen LogP contribution is 2.36. The first-order valence-electron chi connectivity index (χ1n) is 8.25. The van der Waals surface area contributed by atoms with Crippen LogP contribution in [-0.2, 0) is 6.54 Å². The average Bonchev–Trinajstić information content (AvgIpc) is 2.67. The smallest absolute Gasteiger partial charge is 0.166 e. The highest BCUT2D eigenvalue weighted by atomic mass is 35.5. The van der Waals surface area contributed by atoms with Gasteiger partial charge in [-0.2, -0.15) is 0 Å². The van der Waals surface area contributed by atoms with Crippen LogP contribution in [0.2, 0.25) is 10.0 Å². The van der Waals surface area contributed by atoms with Crippen LogP contribution in [0.3, 0.4) is 0 Å². The fourth-order valence-corrected chi connectivity index (χ4v) is 3.38. The summed E-state index contributed by atoms with van der Waals surface area (Å²) >= 11 is 12.2. The summed E-state index contributed by atoms with van der Waals surface area (Å²) in [6, 6.07) is 12.2. The molecule has 0 saturated carbocycles. The molecule has 0 aliphatic rings. The van der Waals surface area contributed by atoms with Crippen LogP contribution in [0.15, 0.2) is 48.7 Å². The van der Waals surface area contributed by atoms with E-state index in [1.807, 2.05) is 24.3 Å². The molecule has 0 aliphatic carbocycles. The van der Waals surface area contributed by atoms with Crippen molar-refractivity contribution in [3.63, 3.8) is 0 Å². The molecule has 7 heteroatoms. The minimum absolute atomic E-state index is 0.0740. The summed E-state index contributed by atoms with van der Waals surface area (Å²) in [6.07, 6.45) is 1.03. The highest BCUT2D eigenvalue weighted by molar-refractivity contribution is 6.36. The number of ether oxygens (including phenoxy) is 1. The molecule has 0 spiro atoms. The molecule has 1 atom stereocenters. The first-order valence-corrected chi connectivity index (χ1v) is 9.01. The van der Waals surface area contributed by atoms with Gasteiger partial charge in [-0.3, -0.25) is 0 Å². The summed E-state index contributed by atoms with van der Waals surface area (Å²) in [4.78, 5) is 4.20. The number of aromatic nitrogens is 1. The lowest BCUT2D eigenvalue weighted by molar-refractivity contribution is 0.227. The fourth-order valence-electron chi connectivity index (χ4n) is 2.71. The van der Waals surface area contributed by atoms with Crippen LogP contribution in [0.4, 0.5) is 10.2 Å². The van der Waals surface area contributed by atoms with Gasteiger partial charge in [0.2, 0.25) is 0 Å². The monoisotopic (exact) mass is 405 g/mol. The Hall–Kier alpha value is -2.34. The number of benzene rings is 2. The number of rotatable bonds is 5. The number of hydrogen-bond donors (Lipinski definition) is 2. The van der Waals surface area contributed by atoms with E-state index >= 15 is 0 Å². The third-order valence-corrected chi connectivity index (χ3v) is 4.91. The molecule has 140 valence electrons. The zero-order chi connectivity index (χ0) is 19.6. The summed E-state index contributed by atoms with van der Waals surface area (Å²) in [6.45, 7) is 2.19. The Balaban J connectivity index is 1.92. The van der Waals surface area contributed by atoms with Crippen LogP contribution >= 0.6 is 23.2 Å². The van der Waals surface area contributed by atoms with E-state index in [9.17, 15) is 4.39 Å². The predicted molar refractivity (Wildman–Crippen MR) is 107 cm³/mol. The second kappa shape index (κ2) is 8.13. The molecule has 1 unspecified atom stereocenters. The van der Waals surface area contributed by atoms with Crippen molar-refractivity contribution in [1.29, 1.82) is 0 Å². The van der Waals surface area contributed by atoms with Crippen LogP contribution in [0, 0.1) is 5.82 Å². The van der Waals surface area contributed by atoms with Gasteiger partial charge in [0.25, 0.3) is 0 Å². The van der Waals surface area contributed by atoms with Crippen molar-refractivity contribution < 1.29 is 9.13 Å². The first-order chi connectivity index (χ1) is 12.9. The number of pyridine rings is 1. The molecule has 0 amide bonds. The Morgan fingerprint density at radius 2 is 1.81 bits per heavy atom. The van der Waals surface area contributed by atoms with E-state index in [1.54, 1.807) is 19.2 Å². The maximum absolute atomic E-state index is 13.8. The maximum Gasteiger partial charge on any atom is 0.166 e. The van der Waals surface area contributed by atoms with Gasteiger partial charge in [-0.25, -0.2) is 9.37 Å². The van der Waals surface area contributed by atoms with Crippen LogP contribution in [0.25, 0.3) is 11.1 Å². The van der Waals surface area contributed by atoms with Gasteiger partial charge in [-0.05, 0) is 36.2 Å². The normalized spacial score (nSPS) is 12.0. The molecule has 3 aromatic rings. The summed E-state index contributed by atoms with van der Waals surface area (Å²) in [7, 11) is 0. The lowest BCUT2D eigenvalue weighted by Crippen LogP contribution is -2.08. The number of nitrogens with two attached hydrogens (primary N) is 2. The van der Waals surface area contributed by atoms with Crippen molar-refractivity contribution in [2.24, 2.45) is 5.73 Å². The summed E-state index contributed by atoms with van der Waals surface area (Å²) in [5.41, 5.74) is 14.7. The largest absolute Gasteiger partial charge is 0.482 e. The minimum Gasteiger partial charge on any atom is -0.482 e. The van der Waals surface area contributed by atoms with Gasteiger partial charge in [0.1, 0.15) is 11.9 Å². The molecular weight excluding hydrogens is 388 g/mol. The van der Waals surface area contributed by atoms with Gasteiger partial charge in [0.05, 0.1) is 5.02 Å². The van der Waals surface area contributed by atoms with Crippen LogP contribution < -0.4 is 16.2 Å². The van der Waals surface area contributed by atoms with Crippen molar-refractivity contribution >= 4 is 29.0 Å². The summed E-state index contributed by atoms with van der Waals surface area (Å²) < 4.78 is 19.7. The molecule has 0 saturated heterocycles. The molecule has 4 nitrogen and oxygen atoms in total. The molecule has 4 N–H and O–H groups in total. The third kappa shape index (κ3) is 4.16. The lowest BCUT2D eigenvalue weighted by Gasteiger charge is -2.19. The van der Waals surface area contributed by atoms with Crippen molar-refractivity contribution in [2.75, 3.05) is 5.73 Å². The molecule has 0 fully saturated rings. The predicted octanol–water partition coefficient (Wildman–Crippen LogP) is 5.38. The van der Waals surface area contributed by atoms with E-state index in [4.69, 9.17) is 39.4 Å². The van der Waals surface area contributed by atoms with Crippen molar-refractivity contribution in [3.05, 3.63) is 75.7 Å². The SMILES string of the molecule is CC(Oc1cc(-c2ccc(CN)cc2)cnc1N)c1c(Cl)ccc(F)c1Cl. The number of hydrogen-bond acceptors (Lipinski definition) is 4. The van der Waals surface area contributed by atoms with Gasteiger partial charge in [0.15, 0.2) is 11.6 Å². The van der Waals surface area contributed by atoms with E-state index in [2.05, 4.69) is 4.98 Å². The van der Waals surface area contributed by atoms with Gasteiger partial charge in [0, 0.05) is 28.9 Å². The minimum atomic E-state index is -0.625. The summed E-state index contributed by atoms with van der Waals surface area (Å²) in [5, 5.41) is 0.240. The van der Waals surface area contributed by atoms with Gasteiger partial charge in [-0.1, -0.05) is 47.5 Å². The fraction of sp³-hybridized carbons (Fsp3) is 0.150. The zero-order valence-corrected chi connectivity index (χ0v) is 16.1. The highest BCUT2D eigenvalue weighted by Gasteiger charge is 2.20. The number of nitrogen functional groups attached to an aromatic ring is 1. The van der Waals surface area contributed by atoms with Crippen molar-refractivity contribution in [3.8, 4) is 16.9 Å². The number of nitrogens with zero attached hydrogens (tertiary/aromatic N) is 1. The molecule has 3 rings (SSSR count). The topological polar surface area (TPSA) is 74.2 Å². The standard InChI is InChI=1S/C20H18Cl2FN3O/c1-11(18-15(21)6-7-16(23)19(18)22)27-17-8-14(10-26-20(17)25)13-4-2-12(9-24)3-5-13/h2-8,10-11H,9,24H2,1H3,(H2,25,26). The molecule has 2 aromatic carbocycles. The Kier molecular flexibility index (Phi) is 5.85. The lowest BCUT2D eigenvalue weighted by atomic mass is 10.1. The van der Waals surface area contributed by atoms with Gasteiger partial charge < -0.3 is 16.2 Å². The zero-order valence-electron chi connectivity index (χ0n) is 14.5. The van der Waals surface area contributed by atoms with Crippen LogP contribution in [-0.4, -0.2) is 4.98 Å². The summed E-state index contributed by atoms with van der Waals surface area (Å²) in [5.74, 6) is 0.0125. The Labute approximate surface area is 166 Å². The van der Waals surface area contributed by atoms with Crippen molar-refractivity contribution in [1.82, 2.24) is 4.98 Å². The van der Waals surface area contributed by atoms with E-state index in [0.29, 0.717) is 22.9 Å². The average molecular weight is 406 g/mol. The van der Waals surface area contributed by atoms with E-state index < -0.39 is 11.9 Å². The van der Waals surface area contributed by atoms with E-state index in [-0.39, 0.29) is 10.8 Å². The maximum atomic E-state index is 13.8.